The lowest BCUT2D eigenvalue weighted by Gasteiger charge is -2.29. The SMILES string of the molecule is CCOc1ccc(CC(=O)Nc2ccc(N3CCOCC3)cc2C)cc1. The highest BCUT2D eigenvalue weighted by Gasteiger charge is 2.13. The molecule has 1 saturated heterocycles. The van der Waals surface area contributed by atoms with Crippen molar-refractivity contribution in [1.82, 2.24) is 0 Å². The van der Waals surface area contributed by atoms with E-state index in [0.717, 1.165) is 48.9 Å². The number of carbonyl (C=O) groups is 1. The Labute approximate surface area is 154 Å². The lowest BCUT2D eigenvalue weighted by Crippen LogP contribution is -2.36. The largest absolute Gasteiger partial charge is 0.494 e. The molecule has 3 rings (SSSR count). The van der Waals surface area contributed by atoms with Crippen LogP contribution in [0.15, 0.2) is 42.5 Å². The average molecular weight is 354 g/mol. The number of anilines is 2. The Morgan fingerprint density at radius 1 is 1.15 bits per heavy atom. The van der Waals surface area contributed by atoms with Gasteiger partial charge in [0.1, 0.15) is 5.75 Å². The Kier molecular flexibility index (Phi) is 6.12. The minimum absolute atomic E-state index is 0.0172. The predicted octanol–water partition coefficient (Wildman–Crippen LogP) is 3.41. The van der Waals surface area contributed by atoms with Crippen molar-refractivity contribution >= 4 is 17.3 Å². The normalized spacial score (nSPS) is 14.2. The first-order valence-corrected chi connectivity index (χ1v) is 9.10. The van der Waals surface area contributed by atoms with Crippen molar-refractivity contribution in [2.24, 2.45) is 0 Å². The van der Waals surface area contributed by atoms with Crippen LogP contribution in [0, 0.1) is 6.92 Å². The fourth-order valence-electron chi connectivity index (χ4n) is 3.06. The van der Waals surface area contributed by atoms with Gasteiger partial charge in [-0.3, -0.25) is 4.79 Å². The molecule has 1 aliphatic heterocycles. The monoisotopic (exact) mass is 354 g/mol. The lowest BCUT2D eigenvalue weighted by molar-refractivity contribution is -0.115. The molecule has 138 valence electrons. The minimum Gasteiger partial charge on any atom is -0.494 e. The van der Waals surface area contributed by atoms with Crippen LogP contribution in [0.5, 0.6) is 5.75 Å². The molecule has 0 bridgehead atoms. The molecule has 2 aromatic carbocycles. The van der Waals surface area contributed by atoms with Crippen LogP contribution < -0.4 is 15.0 Å². The van der Waals surface area contributed by atoms with Gasteiger partial charge in [0.25, 0.3) is 0 Å². The van der Waals surface area contributed by atoms with Crippen molar-refractivity contribution in [3.8, 4) is 5.75 Å². The van der Waals surface area contributed by atoms with E-state index in [1.807, 2.05) is 44.2 Å². The number of rotatable bonds is 6. The molecule has 5 heteroatoms. The highest BCUT2D eigenvalue weighted by molar-refractivity contribution is 5.93. The second kappa shape index (κ2) is 8.72. The van der Waals surface area contributed by atoms with Crippen molar-refractivity contribution in [2.45, 2.75) is 20.3 Å². The van der Waals surface area contributed by atoms with Crippen molar-refractivity contribution in [3.05, 3.63) is 53.6 Å². The van der Waals surface area contributed by atoms with Crippen molar-refractivity contribution in [1.29, 1.82) is 0 Å². The van der Waals surface area contributed by atoms with Crippen LogP contribution in [0.25, 0.3) is 0 Å². The predicted molar refractivity (Wildman–Crippen MR) is 104 cm³/mol. The molecule has 0 unspecified atom stereocenters. The van der Waals surface area contributed by atoms with Gasteiger partial charge in [0.2, 0.25) is 5.91 Å². The highest BCUT2D eigenvalue weighted by atomic mass is 16.5. The molecule has 1 heterocycles. The third-order valence-corrected chi connectivity index (χ3v) is 4.46. The zero-order valence-electron chi connectivity index (χ0n) is 15.5. The maximum atomic E-state index is 12.4. The van der Waals surface area contributed by atoms with Crippen molar-refractivity contribution < 1.29 is 14.3 Å². The standard InChI is InChI=1S/C21H26N2O3/c1-3-26-19-7-4-17(5-8-19)15-21(24)22-20-9-6-18(14-16(20)2)23-10-12-25-13-11-23/h4-9,14H,3,10-13,15H2,1-2H3,(H,22,24). The van der Waals surface area contributed by atoms with Gasteiger partial charge in [-0.15, -0.1) is 0 Å². The molecule has 0 saturated carbocycles. The number of aryl methyl sites for hydroxylation is 1. The van der Waals surface area contributed by atoms with Gasteiger partial charge in [0.05, 0.1) is 26.2 Å². The van der Waals surface area contributed by atoms with Gasteiger partial charge < -0.3 is 19.7 Å². The van der Waals surface area contributed by atoms with Gasteiger partial charge in [0, 0.05) is 24.5 Å². The summed E-state index contributed by atoms with van der Waals surface area (Å²) in [6.45, 7) is 7.95. The van der Waals surface area contributed by atoms with Crippen LogP contribution >= 0.6 is 0 Å². The molecule has 1 amide bonds. The second-order valence-corrected chi connectivity index (χ2v) is 6.40. The van der Waals surface area contributed by atoms with E-state index < -0.39 is 0 Å². The molecule has 1 aliphatic rings. The van der Waals surface area contributed by atoms with Crippen LogP contribution in [0.1, 0.15) is 18.1 Å². The molecule has 2 aromatic rings. The third kappa shape index (κ3) is 4.76. The number of nitrogens with one attached hydrogen (secondary N) is 1. The van der Waals surface area contributed by atoms with Gasteiger partial charge in [-0.25, -0.2) is 0 Å². The molecule has 26 heavy (non-hydrogen) atoms. The maximum absolute atomic E-state index is 12.4. The van der Waals surface area contributed by atoms with Gasteiger partial charge in [0.15, 0.2) is 0 Å². The fourth-order valence-corrected chi connectivity index (χ4v) is 3.06. The first-order valence-electron chi connectivity index (χ1n) is 9.10. The Bertz CT molecular complexity index is 737. The van der Waals surface area contributed by atoms with E-state index in [1.54, 1.807) is 0 Å². The number of morpholine rings is 1. The number of hydrogen-bond acceptors (Lipinski definition) is 4. The molecule has 0 atom stereocenters. The van der Waals surface area contributed by atoms with Gasteiger partial charge >= 0.3 is 0 Å². The summed E-state index contributed by atoms with van der Waals surface area (Å²) in [5.41, 5.74) is 4.07. The molecule has 5 nitrogen and oxygen atoms in total. The van der Waals surface area contributed by atoms with E-state index in [-0.39, 0.29) is 5.91 Å². The maximum Gasteiger partial charge on any atom is 0.228 e. The molecule has 0 aromatic heterocycles. The number of ether oxygens (including phenoxy) is 2. The molecule has 1 fully saturated rings. The quantitative estimate of drug-likeness (QED) is 0.864. The number of nitrogens with zero attached hydrogens (tertiary/aromatic N) is 1. The van der Waals surface area contributed by atoms with E-state index in [9.17, 15) is 4.79 Å². The number of hydrogen-bond donors (Lipinski definition) is 1. The first-order chi connectivity index (χ1) is 12.7. The van der Waals surface area contributed by atoms with Crippen LogP contribution in [0.3, 0.4) is 0 Å². The topological polar surface area (TPSA) is 50.8 Å². The third-order valence-electron chi connectivity index (χ3n) is 4.46. The summed E-state index contributed by atoms with van der Waals surface area (Å²) in [6, 6.07) is 13.8. The molecule has 0 aliphatic carbocycles. The summed E-state index contributed by atoms with van der Waals surface area (Å²) >= 11 is 0. The van der Waals surface area contributed by atoms with E-state index in [1.165, 1.54) is 5.69 Å². The molecule has 0 spiro atoms. The molecular formula is C21H26N2O3. The molecular weight excluding hydrogens is 328 g/mol. The second-order valence-electron chi connectivity index (χ2n) is 6.40. The Morgan fingerprint density at radius 3 is 2.54 bits per heavy atom. The lowest BCUT2D eigenvalue weighted by atomic mass is 10.1. The first kappa shape index (κ1) is 18.3. The van der Waals surface area contributed by atoms with E-state index >= 15 is 0 Å². The van der Waals surface area contributed by atoms with Crippen LogP contribution in [-0.4, -0.2) is 38.8 Å². The van der Waals surface area contributed by atoms with Crippen LogP contribution in [0.4, 0.5) is 11.4 Å². The summed E-state index contributed by atoms with van der Waals surface area (Å²) in [5, 5.41) is 3.02. The zero-order valence-corrected chi connectivity index (χ0v) is 15.5. The van der Waals surface area contributed by atoms with Crippen molar-refractivity contribution in [2.75, 3.05) is 43.1 Å². The Balaban J connectivity index is 1.59. The van der Waals surface area contributed by atoms with E-state index in [4.69, 9.17) is 9.47 Å². The summed E-state index contributed by atoms with van der Waals surface area (Å²) in [6.07, 6.45) is 0.344. The van der Waals surface area contributed by atoms with Crippen LogP contribution in [-0.2, 0) is 16.0 Å². The average Bonchev–Trinajstić information content (AvgIpc) is 2.66. The van der Waals surface area contributed by atoms with Gasteiger partial charge in [-0.05, 0) is 55.3 Å². The smallest absolute Gasteiger partial charge is 0.228 e. The Morgan fingerprint density at radius 2 is 1.88 bits per heavy atom. The van der Waals surface area contributed by atoms with Crippen molar-refractivity contribution in [3.63, 3.8) is 0 Å². The Hall–Kier alpha value is -2.53. The summed E-state index contributed by atoms with van der Waals surface area (Å²) < 4.78 is 10.8. The summed E-state index contributed by atoms with van der Waals surface area (Å²) in [4.78, 5) is 14.7. The van der Waals surface area contributed by atoms with Gasteiger partial charge in [-0.1, -0.05) is 12.1 Å². The van der Waals surface area contributed by atoms with Gasteiger partial charge in [-0.2, -0.15) is 0 Å². The highest BCUT2D eigenvalue weighted by Crippen LogP contribution is 2.23. The molecule has 0 radical (unpaired) electrons. The number of amides is 1. The summed E-state index contributed by atoms with van der Waals surface area (Å²) in [7, 11) is 0. The minimum atomic E-state index is -0.0172. The van der Waals surface area contributed by atoms with E-state index in [2.05, 4.69) is 22.3 Å². The number of carbonyl (C=O) groups excluding carboxylic acids is 1. The van der Waals surface area contributed by atoms with Crippen LogP contribution in [0.2, 0.25) is 0 Å². The molecule has 1 N–H and O–H groups in total. The number of benzene rings is 2. The fraction of sp³-hybridized carbons (Fsp3) is 0.381. The van der Waals surface area contributed by atoms with E-state index in [0.29, 0.717) is 13.0 Å². The zero-order chi connectivity index (χ0) is 18.4. The summed E-state index contributed by atoms with van der Waals surface area (Å²) in [5.74, 6) is 0.808.